The molecule has 2 aromatic heterocycles. The van der Waals surface area contributed by atoms with E-state index in [1.165, 1.54) is 0 Å². The Kier molecular flexibility index (Phi) is 5.72. The van der Waals surface area contributed by atoms with E-state index in [1.807, 2.05) is 56.6 Å². The SMILES string of the molecule is Cc1nn(Cc2cccc(Cl)c2)c(C)c1NC(=O)C(C)n1ncc(Br)c1C. The third kappa shape index (κ3) is 4.09. The third-order valence-corrected chi connectivity index (χ3v) is 5.60. The van der Waals surface area contributed by atoms with Gasteiger partial charge in [-0.2, -0.15) is 10.2 Å². The lowest BCUT2D eigenvalue weighted by molar-refractivity contribution is -0.119. The van der Waals surface area contributed by atoms with Gasteiger partial charge in [0.15, 0.2) is 0 Å². The smallest absolute Gasteiger partial charge is 0.249 e. The molecule has 8 heteroatoms. The number of hydrogen-bond acceptors (Lipinski definition) is 3. The van der Waals surface area contributed by atoms with Gasteiger partial charge in [0.2, 0.25) is 5.91 Å². The minimum Gasteiger partial charge on any atom is -0.321 e. The highest BCUT2D eigenvalue weighted by Crippen LogP contribution is 2.24. The molecule has 0 spiro atoms. The van der Waals surface area contributed by atoms with Crippen molar-refractivity contribution in [3.8, 4) is 0 Å². The van der Waals surface area contributed by atoms with E-state index in [1.54, 1.807) is 10.9 Å². The lowest BCUT2D eigenvalue weighted by atomic mass is 10.2. The topological polar surface area (TPSA) is 64.7 Å². The van der Waals surface area contributed by atoms with E-state index in [-0.39, 0.29) is 5.91 Å². The van der Waals surface area contributed by atoms with Crippen molar-refractivity contribution in [1.82, 2.24) is 19.6 Å². The normalized spacial score (nSPS) is 12.2. The maximum atomic E-state index is 12.7. The number of nitrogens with one attached hydrogen (secondary N) is 1. The molecule has 2 heterocycles. The van der Waals surface area contributed by atoms with Gasteiger partial charge >= 0.3 is 0 Å². The van der Waals surface area contributed by atoms with Crippen LogP contribution in [0.1, 0.15) is 35.6 Å². The number of aryl methyl sites for hydroxylation is 1. The Balaban J connectivity index is 1.80. The van der Waals surface area contributed by atoms with Gasteiger partial charge in [0, 0.05) is 5.02 Å². The summed E-state index contributed by atoms with van der Waals surface area (Å²) in [4.78, 5) is 12.7. The van der Waals surface area contributed by atoms with E-state index < -0.39 is 6.04 Å². The number of rotatable bonds is 5. The summed E-state index contributed by atoms with van der Waals surface area (Å²) in [5.41, 5.74) is 4.36. The van der Waals surface area contributed by atoms with Crippen LogP contribution in [0.4, 0.5) is 5.69 Å². The van der Waals surface area contributed by atoms with Gasteiger partial charge in [0.05, 0.1) is 40.0 Å². The molecule has 1 unspecified atom stereocenters. The van der Waals surface area contributed by atoms with Gasteiger partial charge in [-0.15, -0.1) is 0 Å². The van der Waals surface area contributed by atoms with Gasteiger partial charge in [0.1, 0.15) is 6.04 Å². The van der Waals surface area contributed by atoms with Gasteiger partial charge in [-0.25, -0.2) is 0 Å². The summed E-state index contributed by atoms with van der Waals surface area (Å²) in [5, 5.41) is 12.5. The molecular formula is C19H21BrClN5O. The van der Waals surface area contributed by atoms with Crippen molar-refractivity contribution < 1.29 is 4.79 Å². The summed E-state index contributed by atoms with van der Waals surface area (Å²) < 4.78 is 4.45. The van der Waals surface area contributed by atoms with Crippen LogP contribution in [-0.2, 0) is 11.3 Å². The van der Waals surface area contributed by atoms with Gasteiger partial charge in [-0.3, -0.25) is 14.2 Å². The van der Waals surface area contributed by atoms with Gasteiger partial charge in [-0.1, -0.05) is 23.7 Å². The van der Waals surface area contributed by atoms with Crippen LogP contribution in [0.25, 0.3) is 0 Å². The fraction of sp³-hybridized carbons (Fsp3) is 0.316. The number of hydrogen-bond donors (Lipinski definition) is 1. The minimum absolute atomic E-state index is 0.137. The Morgan fingerprint density at radius 3 is 2.67 bits per heavy atom. The summed E-state index contributed by atoms with van der Waals surface area (Å²) in [6.45, 7) is 8.16. The molecule has 0 aliphatic carbocycles. The monoisotopic (exact) mass is 449 g/mol. The molecule has 1 amide bonds. The fourth-order valence-corrected chi connectivity index (χ4v) is 3.46. The van der Waals surface area contributed by atoms with Crippen LogP contribution in [0.5, 0.6) is 0 Å². The third-order valence-electron chi connectivity index (χ3n) is 4.58. The lowest BCUT2D eigenvalue weighted by Crippen LogP contribution is -2.25. The average Bonchev–Trinajstić information content (AvgIpc) is 3.08. The number of nitrogens with zero attached hydrogens (tertiary/aromatic N) is 4. The van der Waals surface area contributed by atoms with E-state index >= 15 is 0 Å². The van der Waals surface area contributed by atoms with Crippen LogP contribution >= 0.6 is 27.5 Å². The summed E-state index contributed by atoms with van der Waals surface area (Å²) in [5.74, 6) is -0.137. The first-order valence-electron chi connectivity index (χ1n) is 8.57. The highest BCUT2D eigenvalue weighted by Gasteiger charge is 2.21. The van der Waals surface area contributed by atoms with Crippen molar-refractivity contribution in [3.63, 3.8) is 0 Å². The molecule has 0 bridgehead atoms. The molecule has 0 fully saturated rings. The lowest BCUT2D eigenvalue weighted by Gasteiger charge is -2.15. The van der Waals surface area contributed by atoms with Crippen molar-refractivity contribution >= 4 is 39.1 Å². The minimum atomic E-state index is -0.439. The van der Waals surface area contributed by atoms with Crippen LogP contribution < -0.4 is 5.32 Å². The molecule has 3 aromatic rings. The summed E-state index contributed by atoms with van der Waals surface area (Å²) in [6.07, 6.45) is 1.69. The number of anilines is 1. The van der Waals surface area contributed by atoms with Gasteiger partial charge in [-0.05, 0) is 61.3 Å². The summed E-state index contributed by atoms with van der Waals surface area (Å²) >= 11 is 9.49. The first-order valence-corrected chi connectivity index (χ1v) is 9.74. The van der Waals surface area contributed by atoms with Crippen LogP contribution in [0, 0.1) is 20.8 Å². The molecule has 3 rings (SSSR count). The van der Waals surface area contributed by atoms with E-state index in [2.05, 4.69) is 31.4 Å². The largest absolute Gasteiger partial charge is 0.321 e. The Morgan fingerprint density at radius 1 is 1.30 bits per heavy atom. The number of carbonyl (C=O) groups excluding carboxylic acids is 1. The summed E-state index contributed by atoms with van der Waals surface area (Å²) in [6, 6.07) is 7.23. The van der Waals surface area contributed by atoms with Crippen molar-refractivity contribution in [2.75, 3.05) is 5.32 Å². The zero-order valence-corrected chi connectivity index (χ0v) is 18.0. The van der Waals surface area contributed by atoms with Crippen molar-refractivity contribution in [2.24, 2.45) is 0 Å². The molecule has 6 nitrogen and oxygen atoms in total. The predicted molar refractivity (Wildman–Crippen MR) is 110 cm³/mol. The molecule has 142 valence electrons. The number of halogens is 2. The van der Waals surface area contributed by atoms with E-state index in [9.17, 15) is 4.79 Å². The van der Waals surface area contributed by atoms with Crippen LogP contribution in [-0.4, -0.2) is 25.5 Å². The average molecular weight is 451 g/mol. The Labute approximate surface area is 171 Å². The summed E-state index contributed by atoms with van der Waals surface area (Å²) in [7, 11) is 0. The van der Waals surface area contributed by atoms with Crippen LogP contribution in [0.15, 0.2) is 34.9 Å². The Morgan fingerprint density at radius 2 is 2.04 bits per heavy atom. The van der Waals surface area contributed by atoms with Crippen molar-refractivity contribution in [1.29, 1.82) is 0 Å². The molecule has 1 atom stereocenters. The number of aromatic nitrogens is 4. The zero-order chi connectivity index (χ0) is 19.7. The Bertz CT molecular complexity index is 994. The molecular weight excluding hydrogens is 430 g/mol. The van der Waals surface area contributed by atoms with Crippen LogP contribution in [0.2, 0.25) is 5.02 Å². The van der Waals surface area contributed by atoms with E-state index in [0.29, 0.717) is 11.6 Å². The number of amides is 1. The first kappa shape index (κ1) is 19.6. The molecule has 0 saturated carbocycles. The first-order chi connectivity index (χ1) is 12.8. The molecule has 0 aliphatic rings. The zero-order valence-electron chi connectivity index (χ0n) is 15.6. The van der Waals surface area contributed by atoms with Gasteiger partial charge < -0.3 is 5.32 Å². The van der Waals surface area contributed by atoms with E-state index in [0.717, 1.165) is 32.8 Å². The maximum absolute atomic E-state index is 12.7. The van der Waals surface area contributed by atoms with Crippen molar-refractivity contribution in [3.05, 3.63) is 62.6 Å². The molecule has 1 N–H and O–H groups in total. The standard InChI is InChI=1S/C19H21BrClN5O/c1-11-18(23-19(27)14(4)26-12(2)17(20)9-22-26)13(3)25(24-11)10-15-6-5-7-16(21)8-15/h5-9,14H,10H2,1-4H3,(H,23,27). The predicted octanol–water partition coefficient (Wildman–Crippen LogP) is 4.67. The van der Waals surface area contributed by atoms with Crippen LogP contribution in [0.3, 0.4) is 0 Å². The molecule has 27 heavy (non-hydrogen) atoms. The Hall–Kier alpha value is -2.12. The van der Waals surface area contributed by atoms with Gasteiger partial charge in [0.25, 0.3) is 0 Å². The quantitative estimate of drug-likeness (QED) is 0.614. The number of benzene rings is 1. The second-order valence-corrected chi connectivity index (χ2v) is 7.81. The molecule has 1 aromatic carbocycles. The number of carbonyl (C=O) groups is 1. The molecule has 0 aliphatic heterocycles. The molecule has 0 saturated heterocycles. The molecule has 0 radical (unpaired) electrons. The van der Waals surface area contributed by atoms with E-state index in [4.69, 9.17) is 11.6 Å². The second-order valence-electron chi connectivity index (χ2n) is 6.52. The highest BCUT2D eigenvalue weighted by atomic mass is 79.9. The highest BCUT2D eigenvalue weighted by molar-refractivity contribution is 9.10. The second kappa shape index (κ2) is 7.86. The van der Waals surface area contributed by atoms with Crippen molar-refractivity contribution in [2.45, 2.75) is 40.3 Å². The fourth-order valence-electron chi connectivity index (χ4n) is 2.97. The maximum Gasteiger partial charge on any atom is 0.249 e.